The molecule has 21 heavy (non-hydrogen) atoms. The summed E-state index contributed by atoms with van der Waals surface area (Å²) in [5.41, 5.74) is 0.453. The van der Waals surface area contributed by atoms with Crippen LogP contribution in [0.15, 0.2) is 17.4 Å². The van der Waals surface area contributed by atoms with E-state index in [1.807, 2.05) is 19.3 Å². The molecule has 1 aromatic rings. The lowest BCUT2D eigenvalue weighted by Gasteiger charge is -2.23. The van der Waals surface area contributed by atoms with E-state index < -0.39 is 5.60 Å². The van der Waals surface area contributed by atoms with E-state index in [2.05, 4.69) is 25.6 Å². The molecule has 116 valence electrons. The molecule has 1 saturated heterocycles. The van der Waals surface area contributed by atoms with Gasteiger partial charge in [-0.05, 0) is 24.7 Å². The number of aryl methyl sites for hydroxylation is 1. The Hall–Kier alpha value is -1.34. The lowest BCUT2D eigenvalue weighted by atomic mass is 10.0. The molecular weight excluding hydrogens is 286 g/mol. The molecule has 2 heterocycles. The number of guanidine groups is 1. The molecule has 7 heteroatoms. The number of nitrogens with one attached hydrogen (secondary N) is 2. The van der Waals surface area contributed by atoms with E-state index in [0.29, 0.717) is 19.0 Å². The second kappa shape index (κ2) is 7.61. The predicted molar refractivity (Wildman–Crippen MR) is 86.7 cm³/mol. The highest BCUT2D eigenvalue weighted by atomic mass is 32.2. The zero-order valence-electron chi connectivity index (χ0n) is 12.6. The Bertz CT molecular complexity index is 471. The Morgan fingerprint density at radius 3 is 2.81 bits per heavy atom. The first kappa shape index (κ1) is 16.0. The monoisotopic (exact) mass is 309 g/mol. The first-order valence-corrected chi connectivity index (χ1v) is 8.29. The second-order valence-corrected chi connectivity index (χ2v) is 6.41. The molecular formula is C14H23N5OS. The smallest absolute Gasteiger partial charge is 0.191 e. The average Bonchev–Trinajstić information content (AvgIpc) is 2.92. The molecule has 3 N–H and O–H groups in total. The second-order valence-electron chi connectivity index (χ2n) is 5.31. The fraction of sp³-hybridized carbons (Fsp3) is 0.643. The standard InChI is InChI=1S/C14H23N5OS/c1-11-7-17-12(18-8-11)3-5-16-13(15-2)19-9-14(20)4-6-21-10-14/h7-8,20H,3-6,9-10H2,1-2H3,(H2,15,16,19). The number of thioether (sulfide) groups is 1. The molecule has 1 aliphatic rings. The highest BCUT2D eigenvalue weighted by Crippen LogP contribution is 2.26. The minimum Gasteiger partial charge on any atom is -0.387 e. The summed E-state index contributed by atoms with van der Waals surface area (Å²) in [6, 6.07) is 0. The van der Waals surface area contributed by atoms with Crippen LogP contribution >= 0.6 is 11.8 Å². The Balaban J connectivity index is 1.71. The molecule has 0 radical (unpaired) electrons. The van der Waals surface area contributed by atoms with Crippen molar-refractivity contribution in [2.45, 2.75) is 25.4 Å². The van der Waals surface area contributed by atoms with Crippen LogP contribution in [0.3, 0.4) is 0 Å². The van der Waals surface area contributed by atoms with Crippen molar-refractivity contribution in [2.24, 2.45) is 4.99 Å². The highest BCUT2D eigenvalue weighted by molar-refractivity contribution is 7.99. The Labute approximate surface area is 129 Å². The van der Waals surface area contributed by atoms with E-state index in [-0.39, 0.29) is 0 Å². The van der Waals surface area contributed by atoms with E-state index in [1.165, 1.54) is 0 Å². The highest BCUT2D eigenvalue weighted by Gasteiger charge is 2.31. The first-order valence-electron chi connectivity index (χ1n) is 7.13. The fourth-order valence-electron chi connectivity index (χ4n) is 2.05. The van der Waals surface area contributed by atoms with Crippen molar-refractivity contribution < 1.29 is 5.11 Å². The van der Waals surface area contributed by atoms with Gasteiger partial charge in [0, 0.05) is 44.7 Å². The molecule has 0 amide bonds. The van der Waals surface area contributed by atoms with Gasteiger partial charge in [0.15, 0.2) is 5.96 Å². The Kier molecular flexibility index (Phi) is 5.81. The lowest BCUT2D eigenvalue weighted by Crippen LogP contribution is -2.47. The van der Waals surface area contributed by atoms with Crippen LogP contribution in [0.2, 0.25) is 0 Å². The Morgan fingerprint density at radius 1 is 1.43 bits per heavy atom. The fourth-order valence-corrected chi connectivity index (χ4v) is 3.34. The van der Waals surface area contributed by atoms with Gasteiger partial charge in [0.2, 0.25) is 0 Å². The van der Waals surface area contributed by atoms with Gasteiger partial charge in [0.05, 0.1) is 5.60 Å². The molecule has 6 nitrogen and oxygen atoms in total. The SMILES string of the molecule is CN=C(NCCc1ncc(C)cn1)NCC1(O)CCSC1. The topological polar surface area (TPSA) is 82.4 Å². The minimum absolute atomic E-state index is 0.528. The van der Waals surface area contributed by atoms with Crippen LogP contribution < -0.4 is 10.6 Å². The number of hydrogen-bond acceptors (Lipinski definition) is 5. The molecule has 1 aromatic heterocycles. The third-order valence-electron chi connectivity index (χ3n) is 3.37. The summed E-state index contributed by atoms with van der Waals surface area (Å²) >= 11 is 1.79. The van der Waals surface area contributed by atoms with Crippen LogP contribution in [0, 0.1) is 6.92 Å². The minimum atomic E-state index is -0.609. The van der Waals surface area contributed by atoms with Gasteiger partial charge in [-0.3, -0.25) is 4.99 Å². The molecule has 0 saturated carbocycles. The summed E-state index contributed by atoms with van der Waals surface area (Å²) in [6.45, 7) is 3.20. The number of aliphatic hydroxyl groups is 1. The van der Waals surface area contributed by atoms with Gasteiger partial charge in [0.1, 0.15) is 5.82 Å². The first-order chi connectivity index (χ1) is 10.1. The van der Waals surface area contributed by atoms with Gasteiger partial charge in [-0.1, -0.05) is 0 Å². The van der Waals surface area contributed by atoms with Crippen LogP contribution in [-0.2, 0) is 6.42 Å². The van der Waals surface area contributed by atoms with Crippen molar-refractivity contribution in [3.8, 4) is 0 Å². The maximum atomic E-state index is 10.3. The molecule has 0 aromatic carbocycles. The van der Waals surface area contributed by atoms with Gasteiger partial charge >= 0.3 is 0 Å². The summed E-state index contributed by atoms with van der Waals surface area (Å²) in [5, 5.41) is 16.7. The number of nitrogens with zero attached hydrogens (tertiary/aromatic N) is 3. The molecule has 1 atom stereocenters. The molecule has 1 aliphatic heterocycles. The van der Waals surface area contributed by atoms with E-state index in [4.69, 9.17) is 0 Å². The summed E-state index contributed by atoms with van der Waals surface area (Å²) in [4.78, 5) is 12.7. The van der Waals surface area contributed by atoms with Gasteiger partial charge in [0.25, 0.3) is 0 Å². The normalized spacial score (nSPS) is 22.3. The lowest BCUT2D eigenvalue weighted by molar-refractivity contribution is 0.0724. The number of hydrogen-bond donors (Lipinski definition) is 3. The Morgan fingerprint density at radius 2 is 2.19 bits per heavy atom. The van der Waals surface area contributed by atoms with E-state index in [0.717, 1.165) is 35.7 Å². The van der Waals surface area contributed by atoms with Crippen molar-refractivity contribution in [3.63, 3.8) is 0 Å². The third-order valence-corrected chi connectivity index (χ3v) is 4.60. The third kappa shape index (κ3) is 5.17. The van der Waals surface area contributed by atoms with Crippen molar-refractivity contribution in [2.75, 3.05) is 31.6 Å². The van der Waals surface area contributed by atoms with Gasteiger partial charge in [-0.2, -0.15) is 11.8 Å². The number of rotatable bonds is 5. The van der Waals surface area contributed by atoms with Gasteiger partial charge in [-0.25, -0.2) is 9.97 Å². The van der Waals surface area contributed by atoms with Crippen LogP contribution in [0.4, 0.5) is 0 Å². The zero-order valence-corrected chi connectivity index (χ0v) is 13.4. The van der Waals surface area contributed by atoms with Gasteiger partial charge in [-0.15, -0.1) is 0 Å². The van der Waals surface area contributed by atoms with Crippen LogP contribution in [0.5, 0.6) is 0 Å². The van der Waals surface area contributed by atoms with Gasteiger partial charge < -0.3 is 15.7 Å². The predicted octanol–water partition coefficient (Wildman–Crippen LogP) is 0.361. The largest absolute Gasteiger partial charge is 0.387 e. The number of aromatic nitrogens is 2. The van der Waals surface area contributed by atoms with Crippen molar-refractivity contribution in [1.29, 1.82) is 0 Å². The average molecular weight is 309 g/mol. The van der Waals surface area contributed by atoms with E-state index >= 15 is 0 Å². The van der Waals surface area contributed by atoms with Crippen molar-refractivity contribution in [3.05, 3.63) is 23.8 Å². The van der Waals surface area contributed by atoms with Crippen LogP contribution in [0.25, 0.3) is 0 Å². The van der Waals surface area contributed by atoms with Crippen LogP contribution in [-0.4, -0.2) is 58.3 Å². The quantitative estimate of drug-likeness (QED) is 0.538. The van der Waals surface area contributed by atoms with E-state index in [1.54, 1.807) is 18.8 Å². The van der Waals surface area contributed by atoms with Crippen LogP contribution in [0.1, 0.15) is 17.8 Å². The summed E-state index contributed by atoms with van der Waals surface area (Å²) in [7, 11) is 1.73. The summed E-state index contributed by atoms with van der Waals surface area (Å²) in [6.07, 6.45) is 5.21. The van der Waals surface area contributed by atoms with E-state index in [9.17, 15) is 5.11 Å². The maximum Gasteiger partial charge on any atom is 0.191 e. The summed E-state index contributed by atoms with van der Waals surface area (Å²) < 4.78 is 0. The molecule has 0 spiro atoms. The molecule has 0 aliphatic carbocycles. The number of aliphatic imine (C=N–C) groups is 1. The summed E-state index contributed by atoms with van der Waals surface area (Å²) in [5.74, 6) is 3.32. The molecule has 2 rings (SSSR count). The molecule has 0 bridgehead atoms. The van der Waals surface area contributed by atoms with Crippen molar-refractivity contribution >= 4 is 17.7 Å². The maximum absolute atomic E-state index is 10.3. The zero-order chi connectivity index (χ0) is 15.1. The molecule has 1 fully saturated rings. The molecule has 1 unspecified atom stereocenters. The van der Waals surface area contributed by atoms with Crippen molar-refractivity contribution in [1.82, 2.24) is 20.6 Å².